The van der Waals surface area contributed by atoms with E-state index in [0.29, 0.717) is 29.7 Å². The van der Waals surface area contributed by atoms with Crippen molar-refractivity contribution < 1.29 is 23.9 Å². The van der Waals surface area contributed by atoms with Crippen LogP contribution in [0.1, 0.15) is 91.9 Å². The first-order valence-electron chi connectivity index (χ1n) is 14.1. The van der Waals surface area contributed by atoms with Gasteiger partial charge in [0.1, 0.15) is 12.4 Å². The first-order chi connectivity index (χ1) is 17.0. The maximum atomic E-state index is 12.7. The first kappa shape index (κ1) is 25.7. The monoisotopic (exact) mass is 496 g/mol. The number of allylic oxidation sites excluding steroid dienone is 2. The van der Waals surface area contributed by atoms with Gasteiger partial charge in [-0.05, 0) is 110 Å². The highest BCUT2D eigenvalue weighted by Crippen LogP contribution is 2.88. The normalized spacial score (nSPS) is 45.6. The zero-order valence-electron chi connectivity index (χ0n) is 22.9. The van der Waals surface area contributed by atoms with Crippen LogP contribution in [0.25, 0.3) is 0 Å². The molecule has 1 saturated heterocycles. The van der Waals surface area contributed by atoms with Crippen molar-refractivity contribution in [2.75, 3.05) is 7.11 Å². The van der Waals surface area contributed by atoms with Crippen LogP contribution < -0.4 is 0 Å². The van der Waals surface area contributed by atoms with E-state index in [1.165, 1.54) is 32.8 Å². The van der Waals surface area contributed by atoms with Gasteiger partial charge in [0.25, 0.3) is 0 Å². The lowest BCUT2D eigenvalue weighted by Gasteiger charge is -2.61. The van der Waals surface area contributed by atoms with E-state index < -0.39 is 0 Å². The van der Waals surface area contributed by atoms with Crippen LogP contribution in [0.4, 0.5) is 0 Å². The zero-order valence-corrected chi connectivity index (χ0v) is 22.9. The highest BCUT2D eigenvalue weighted by Gasteiger charge is 2.83. The second-order valence-corrected chi connectivity index (χ2v) is 13.4. The summed E-state index contributed by atoms with van der Waals surface area (Å²) in [5.41, 5.74) is 2.00. The fourth-order valence-electron chi connectivity index (χ4n) is 10.4. The predicted molar refractivity (Wildman–Crippen MR) is 138 cm³/mol. The highest BCUT2D eigenvalue weighted by molar-refractivity contribution is 5.91. The average molecular weight is 497 g/mol. The number of hydrogen-bond acceptors (Lipinski definition) is 5. The van der Waals surface area contributed by atoms with Crippen molar-refractivity contribution in [1.82, 2.24) is 0 Å². The minimum atomic E-state index is -0.229. The second kappa shape index (κ2) is 8.56. The summed E-state index contributed by atoms with van der Waals surface area (Å²) in [6.45, 7) is 13.6. The second-order valence-electron chi connectivity index (χ2n) is 13.4. The number of fused-ring (bicyclic) bond motifs is 4. The molecule has 0 aromatic heterocycles. The number of carbonyl (C=O) groups excluding carboxylic acids is 3. The quantitative estimate of drug-likeness (QED) is 0.227. The number of ether oxygens (including phenoxy) is 2. The summed E-state index contributed by atoms with van der Waals surface area (Å²) in [4.78, 5) is 35.9. The molecule has 5 nitrogen and oxygen atoms in total. The maximum Gasteiger partial charge on any atom is 0.334 e. The number of rotatable bonds is 8. The van der Waals surface area contributed by atoms with Crippen LogP contribution in [-0.4, -0.2) is 31.4 Å². The Labute approximate surface area is 216 Å². The SMILES string of the molecule is C=C1C(=O)O[C@H]2C[C@H]3[C@@]4(CC[C@@]5(C)[C@H]([C@@H](C)CC/C=C(\C)C=O)CC[C@]35C)C[C@@]4(CCC(=O)OC)[C@@H]12. The summed E-state index contributed by atoms with van der Waals surface area (Å²) in [5, 5.41) is 0. The summed E-state index contributed by atoms with van der Waals surface area (Å²) in [6, 6.07) is 0. The van der Waals surface area contributed by atoms with Crippen LogP contribution in [0.5, 0.6) is 0 Å². The molecule has 0 amide bonds. The van der Waals surface area contributed by atoms with Gasteiger partial charge in [-0.3, -0.25) is 9.59 Å². The van der Waals surface area contributed by atoms with Gasteiger partial charge in [0, 0.05) is 17.9 Å². The van der Waals surface area contributed by atoms with E-state index in [4.69, 9.17) is 9.47 Å². The van der Waals surface area contributed by atoms with Crippen LogP contribution in [0.15, 0.2) is 23.8 Å². The topological polar surface area (TPSA) is 69.7 Å². The highest BCUT2D eigenvalue weighted by atomic mass is 16.6. The van der Waals surface area contributed by atoms with Crippen LogP contribution in [0.2, 0.25) is 0 Å². The molecule has 0 unspecified atom stereocenters. The first-order valence-corrected chi connectivity index (χ1v) is 14.1. The van der Waals surface area contributed by atoms with E-state index in [-0.39, 0.29) is 45.6 Å². The van der Waals surface area contributed by atoms with Crippen molar-refractivity contribution in [3.05, 3.63) is 23.8 Å². The van der Waals surface area contributed by atoms with Crippen LogP contribution >= 0.6 is 0 Å². The summed E-state index contributed by atoms with van der Waals surface area (Å²) >= 11 is 0. The van der Waals surface area contributed by atoms with Gasteiger partial charge >= 0.3 is 11.9 Å². The Morgan fingerprint density at radius 2 is 2.00 bits per heavy atom. The average Bonchev–Trinajstić information content (AvgIpc) is 3.31. The molecule has 0 bridgehead atoms. The molecule has 1 aliphatic heterocycles. The lowest BCUT2D eigenvalue weighted by Crippen LogP contribution is -2.56. The third-order valence-corrected chi connectivity index (χ3v) is 12.4. The third-order valence-electron chi connectivity index (χ3n) is 12.4. The fraction of sp³-hybridized carbons (Fsp3) is 0.774. The number of aldehydes is 1. The van der Waals surface area contributed by atoms with Crippen LogP contribution in [-0.2, 0) is 23.9 Å². The van der Waals surface area contributed by atoms with E-state index in [0.717, 1.165) is 44.0 Å². The zero-order chi connectivity index (χ0) is 26.1. The molecule has 0 N–H and O–H groups in total. The number of hydrogen-bond donors (Lipinski definition) is 0. The number of esters is 2. The molecule has 36 heavy (non-hydrogen) atoms. The minimum absolute atomic E-state index is 0.0443. The Balaban J connectivity index is 1.44. The summed E-state index contributed by atoms with van der Waals surface area (Å²) in [6.07, 6.45) is 13.0. The maximum absolute atomic E-state index is 12.7. The molecular formula is C31H44O5. The van der Waals surface area contributed by atoms with Gasteiger partial charge in [0.05, 0.1) is 7.11 Å². The van der Waals surface area contributed by atoms with Gasteiger partial charge in [0.15, 0.2) is 0 Å². The lowest BCUT2D eigenvalue weighted by molar-refractivity contribution is -0.158. The van der Waals surface area contributed by atoms with Crippen molar-refractivity contribution in [1.29, 1.82) is 0 Å². The Hall–Kier alpha value is -1.91. The summed E-state index contributed by atoms with van der Waals surface area (Å²) < 4.78 is 11.0. The number of carbonyl (C=O) groups is 3. The van der Waals surface area contributed by atoms with Crippen molar-refractivity contribution in [2.45, 2.75) is 98.0 Å². The predicted octanol–water partition coefficient (Wildman–Crippen LogP) is 6.21. The van der Waals surface area contributed by atoms with E-state index >= 15 is 0 Å². The molecule has 0 aromatic rings. The van der Waals surface area contributed by atoms with Crippen LogP contribution in [0, 0.1) is 45.3 Å². The molecule has 198 valence electrons. The molecule has 1 spiro atoms. The number of methoxy groups -OCH3 is 1. The molecule has 1 heterocycles. The molecule has 9 atom stereocenters. The lowest BCUT2D eigenvalue weighted by atomic mass is 9.43. The Kier molecular flexibility index (Phi) is 6.12. The van der Waals surface area contributed by atoms with Gasteiger partial charge < -0.3 is 9.47 Å². The molecule has 4 saturated carbocycles. The molecule has 0 radical (unpaired) electrons. The fourth-order valence-corrected chi connectivity index (χ4v) is 10.4. The molecule has 5 fully saturated rings. The van der Waals surface area contributed by atoms with E-state index in [1.54, 1.807) is 0 Å². The Bertz CT molecular complexity index is 1010. The van der Waals surface area contributed by atoms with E-state index in [1.807, 2.05) is 6.92 Å². The molecule has 0 aromatic carbocycles. The van der Waals surface area contributed by atoms with Crippen molar-refractivity contribution in [2.24, 2.45) is 45.3 Å². The molecular weight excluding hydrogens is 452 g/mol. The van der Waals surface area contributed by atoms with Crippen molar-refractivity contribution in [3.8, 4) is 0 Å². The minimum Gasteiger partial charge on any atom is -0.469 e. The van der Waals surface area contributed by atoms with Gasteiger partial charge in [-0.2, -0.15) is 0 Å². The summed E-state index contributed by atoms with van der Waals surface area (Å²) in [5.74, 6) is 1.41. The van der Waals surface area contributed by atoms with Gasteiger partial charge in [-0.25, -0.2) is 4.79 Å². The van der Waals surface area contributed by atoms with Gasteiger partial charge in [-0.1, -0.05) is 33.4 Å². The Morgan fingerprint density at radius 3 is 2.69 bits per heavy atom. The Morgan fingerprint density at radius 1 is 1.25 bits per heavy atom. The van der Waals surface area contributed by atoms with Gasteiger partial charge in [0.2, 0.25) is 0 Å². The molecule has 4 aliphatic carbocycles. The van der Waals surface area contributed by atoms with Crippen molar-refractivity contribution >= 4 is 18.2 Å². The van der Waals surface area contributed by atoms with Crippen molar-refractivity contribution in [3.63, 3.8) is 0 Å². The molecule has 5 aliphatic rings. The van der Waals surface area contributed by atoms with E-state index in [9.17, 15) is 14.4 Å². The summed E-state index contributed by atoms with van der Waals surface area (Å²) in [7, 11) is 1.46. The van der Waals surface area contributed by atoms with E-state index in [2.05, 4.69) is 33.4 Å². The largest absolute Gasteiger partial charge is 0.469 e. The molecule has 5 heteroatoms. The van der Waals surface area contributed by atoms with Gasteiger partial charge in [-0.15, -0.1) is 0 Å². The smallest absolute Gasteiger partial charge is 0.334 e. The molecule has 5 rings (SSSR count). The standard InChI is InChI=1S/C31H44O5/c1-19(17-32)8-7-9-20(2)22-10-12-29(5)24-16-23-26(21(3)27(34)36-23)31(13-11-25(33)35-6)18-30(24,31)15-14-28(22,29)4/h8,17,20,22-24,26H,3,7,9-16,18H2,1-2,4-6H3/b19-8+/t20-,22-,23-,24+,26-,28-,29+,30+,31-/m0/s1. The van der Waals surface area contributed by atoms with Crippen LogP contribution in [0.3, 0.4) is 0 Å². The third kappa shape index (κ3) is 3.29.